The molecule has 0 saturated carbocycles. The van der Waals surface area contributed by atoms with Gasteiger partial charge in [-0.2, -0.15) is 5.10 Å². The summed E-state index contributed by atoms with van der Waals surface area (Å²) in [5.74, 6) is 0.100. The lowest BCUT2D eigenvalue weighted by Crippen LogP contribution is -2.40. The topological polar surface area (TPSA) is 97.3 Å². The van der Waals surface area contributed by atoms with Crippen LogP contribution >= 0.6 is 0 Å². The first kappa shape index (κ1) is 28.7. The van der Waals surface area contributed by atoms with E-state index in [1.807, 2.05) is 32.0 Å². The second kappa shape index (κ2) is 12.1. The lowest BCUT2D eigenvalue weighted by Gasteiger charge is -2.26. The van der Waals surface area contributed by atoms with Gasteiger partial charge in [0, 0.05) is 11.8 Å². The normalized spacial score (nSPS) is 12.1. The van der Waals surface area contributed by atoms with Crippen LogP contribution in [0, 0.1) is 6.92 Å². The van der Waals surface area contributed by atoms with Gasteiger partial charge in [0.05, 0.1) is 24.8 Å². The first-order valence-electron chi connectivity index (χ1n) is 12.2. The van der Waals surface area contributed by atoms with Crippen LogP contribution in [0.1, 0.15) is 38.3 Å². The summed E-state index contributed by atoms with van der Waals surface area (Å²) < 4.78 is 39.2. The van der Waals surface area contributed by atoms with Gasteiger partial charge >= 0.3 is 0 Å². The number of ether oxygens (including phenoxy) is 2. The quantitative estimate of drug-likeness (QED) is 0.272. The minimum Gasteiger partial charge on any atom is -0.497 e. The Hall–Kier alpha value is -3.85. The van der Waals surface area contributed by atoms with Crippen LogP contribution in [-0.2, 0) is 20.2 Å². The van der Waals surface area contributed by atoms with Gasteiger partial charge in [-0.3, -0.25) is 9.10 Å². The van der Waals surface area contributed by atoms with Crippen molar-refractivity contribution in [2.45, 2.75) is 44.4 Å². The summed E-state index contributed by atoms with van der Waals surface area (Å²) in [6.45, 7) is 7.39. The Morgan fingerprint density at radius 3 is 2.24 bits per heavy atom. The molecule has 0 aromatic heterocycles. The van der Waals surface area contributed by atoms with E-state index in [4.69, 9.17) is 9.47 Å². The predicted molar refractivity (Wildman–Crippen MR) is 151 cm³/mol. The summed E-state index contributed by atoms with van der Waals surface area (Å²) in [4.78, 5) is 13.1. The highest BCUT2D eigenvalue weighted by Gasteiger charge is 2.30. The van der Waals surface area contributed by atoms with Crippen LogP contribution in [-0.4, -0.2) is 40.8 Å². The number of carbonyl (C=O) groups is 1. The molecule has 9 heteroatoms. The molecular weight excluding hydrogens is 502 g/mol. The van der Waals surface area contributed by atoms with E-state index in [2.05, 4.69) is 36.5 Å². The lowest BCUT2D eigenvalue weighted by atomic mass is 9.80. The molecule has 0 heterocycles. The summed E-state index contributed by atoms with van der Waals surface area (Å²) in [5, 5.41) is 4.26. The fourth-order valence-electron chi connectivity index (χ4n) is 4.12. The first-order valence-corrected chi connectivity index (χ1v) is 13.6. The number of sulfonamides is 1. The van der Waals surface area contributed by atoms with Crippen LogP contribution < -0.4 is 19.2 Å². The molecule has 3 aromatic rings. The number of carbonyl (C=O) groups excluding carboxylic acids is 1. The van der Waals surface area contributed by atoms with Crippen molar-refractivity contribution >= 4 is 27.3 Å². The average molecular weight is 538 g/mol. The molecule has 1 amide bonds. The lowest BCUT2D eigenvalue weighted by molar-refractivity contribution is -0.119. The molecule has 8 nitrogen and oxygen atoms in total. The second-order valence-corrected chi connectivity index (χ2v) is 11.5. The van der Waals surface area contributed by atoms with Gasteiger partial charge in [0.25, 0.3) is 15.9 Å². The van der Waals surface area contributed by atoms with Gasteiger partial charge in [-0.25, -0.2) is 13.8 Å². The number of anilines is 1. The molecule has 0 unspecified atom stereocenters. The van der Waals surface area contributed by atoms with E-state index in [1.54, 1.807) is 24.3 Å². The summed E-state index contributed by atoms with van der Waals surface area (Å²) >= 11 is 0. The third kappa shape index (κ3) is 6.92. The minimum absolute atomic E-state index is 0.0464. The minimum atomic E-state index is -4.14. The summed E-state index contributed by atoms with van der Waals surface area (Å²) in [5.41, 5.74) is 5.27. The molecule has 0 atom stereocenters. The molecule has 1 N–H and O–H groups in total. The van der Waals surface area contributed by atoms with E-state index in [9.17, 15) is 13.2 Å². The van der Waals surface area contributed by atoms with Crippen LogP contribution in [0.15, 0.2) is 82.8 Å². The van der Waals surface area contributed by atoms with Gasteiger partial charge in [-0.1, -0.05) is 61.9 Å². The largest absolute Gasteiger partial charge is 0.497 e. The van der Waals surface area contributed by atoms with Crippen molar-refractivity contribution in [1.82, 2.24) is 5.43 Å². The van der Waals surface area contributed by atoms with Gasteiger partial charge in [0.15, 0.2) is 0 Å². The molecule has 3 aromatic carbocycles. The molecule has 0 aliphatic rings. The highest BCUT2D eigenvalue weighted by Crippen LogP contribution is 2.35. The van der Waals surface area contributed by atoms with Gasteiger partial charge < -0.3 is 9.47 Å². The maximum absolute atomic E-state index is 13.7. The third-order valence-electron chi connectivity index (χ3n) is 6.18. The molecule has 0 saturated heterocycles. The number of benzene rings is 3. The van der Waals surface area contributed by atoms with Gasteiger partial charge in [0.2, 0.25) is 0 Å². The van der Waals surface area contributed by atoms with E-state index < -0.39 is 22.5 Å². The Bertz CT molecular complexity index is 1390. The Morgan fingerprint density at radius 1 is 0.974 bits per heavy atom. The van der Waals surface area contributed by atoms with Crippen molar-refractivity contribution in [3.05, 3.63) is 83.9 Å². The molecule has 0 fully saturated rings. The van der Waals surface area contributed by atoms with Crippen molar-refractivity contribution in [3.8, 4) is 11.5 Å². The fraction of sp³-hybridized carbons (Fsp3) is 0.310. The van der Waals surface area contributed by atoms with Crippen molar-refractivity contribution in [1.29, 1.82) is 0 Å². The van der Waals surface area contributed by atoms with Gasteiger partial charge in [-0.15, -0.1) is 0 Å². The second-order valence-electron chi connectivity index (χ2n) is 9.67. The van der Waals surface area contributed by atoms with Crippen LogP contribution in [0.2, 0.25) is 0 Å². The highest BCUT2D eigenvalue weighted by atomic mass is 32.2. The monoisotopic (exact) mass is 537 g/mol. The molecule has 38 heavy (non-hydrogen) atoms. The molecule has 3 rings (SSSR count). The van der Waals surface area contributed by atoms with Gasteiger partial charge in [-0.05, 0) is 55.5 Å². The SMILES string of the molecule is COc1ccc(OC)c(N(CC(=O)N/N=C(/C)CC(C)(C)c2ccccc2)S(=O)(=O)c2ccc(C)cc2)c1. The number of nitrogens with zero attached hydrogens (tertiary/aromatic N) is 2. The molecule has 0 radical (unpaired) electrons. The standard InChI is InChI=1S/C29H35N3O5S/c1-21-12-15-25(16-13-21)38(34,35)32(26-18-24(36-5)14-17-27(26)37-6)20-28(33)31-30-22(2)19-29(3,4)23-10-8-7-9-11-23/h7-18H,19-20H2,1-6H3,(H,31,33)/b30-22-. The number of rotatable bonds is 11. The van der Waals surface area contributed by atoms with Crippen LogP contribution in [0.5, 0.6) is 11.5 Å². The zero-order chi connectivity index (χ0) is 27.9. The maximum atomic E-state index is 13.7. The smallest absolute Gasteiger partial charge is 0.264 e. The van der Waals surface area contributed by atoms with Crippen LogP contribution in [0.3, 0.4) is 0 Å². The first-order chi connectivity index (χ1) is 18.0. The van der Waals surface area contributed by atoms with E-state index in [-0.39, 0.29) is 21.7 Å². The van der Waals surface area contributed by atoms with E-state index in [1.165, 1.54) is 32.4 Å². The van der Waals surface area contributed by atoms with Crippen molar-refractivity contribution < 1.29 is 22.7 Å². The third-order valence-corrected chi connectivity index (χ3v) is 7.95. The zero-order valence-corrected chi connectivity index (χ0v) is 23.5. The van der Waals surface area contributed by atoms with E-state index in [0.29, 0.717) is 17.9 Å². The number of hydrazone groups is 1. The summed E-state index contributed by atoms with van der Waals surface area (Å²) in [6.07, 6.45) is 0.604. The summed E-state index contributed by atoms with van der Waals surface area (Å²) in [7, 11) is -1.23. The number of aryl methyl sites for hydroxylation is 1. The molecule has 0 bridgehead atoms. The van der Waals surface area contributed by atoms with Crippen LogP contribution in [0.25, 0.3) is 0 Å². The van der Waals surface area contributed by atoms with Crippen LogP contribution in [0.4, 0.5) is 5.69 Å². The van der Waals surface area contributed by atoms with E-state index >= 15 is 0 Å². The van der Waals surface area contributed by atoms with E-state index in [0.717, 1.165) is 15.4 Å². The Labute approximate surface area is 225 Å². The number of amides is 1. The molecule has 0 aliphatic heterocycles. The fourth-order valence-corrected chi connectivity index (χ4v) is 5.55. The van der Waals surface area contributed by atoms with Crippen molar-refractivity contribution in [2.75, 3.05) is 25.1 Å². The number of hydrogen-bond donors (Lipinski definition) is 1. The number of methoxy groups -OCH3 is 2. The van der Waals surface area contributed by atoms with Crippen molar-refractivity contribution in [2.24, 2.45) is 5.10 Å². The van der Waals surface area contributed by atoms with Crippen molar-refractivity contribution in [3.63, 3.8) is 0 Å². The molecule has 202 valence electrons. The number of hydrogen-bond acceptors (Lipinski definition) is 6. The Balaban J connectivity index is 1.89. The zero-order valence-electron chi connectivity index (χ0n) is 22.7. The predicted octanol–water partition coefficient (Wildman–Crippen LogP) is 5.07. The Morgan fingerprint density at radius 2 is 1.63 bits per heavy atom. The average Bonchev–Trinajstić information content (AvgIpc) is 2.90. The number of nitrogens with one attached hydrogen (secondary N) is 1. The summed E-state index contributed by atoms with van der Waals surface area (Å²) in [6, 6.07) is 21.3. The highest BCUT2D eigenvalue weighted by molar-refractivity contribution is 7.92. The van der Waals surface area contributed by atoms with Gasteiger partial charge in [0.1, 0.15) is 18.0 Å². The Kier molecular flexibility index (Phi) is 9.17. The molecule has 0 spiro atoms. The molecular formula is C29H35N3O5S. The molecule has 0 aliphatic carbocycles. The maximum Gasteiger partial charge on any atom is 0.264 e.